The van der Waals surface area contributed by atoms with Gasteiger partial charge in [-0.05, 0) is 56.1 Å². The van der Waals surface area contributed by atoms with Crippen LogP contribution in [0.2, 0.25) is 0 Å². The Labute approximate surface area is 123 Å². The van der Waals surface area contributed by atoms with Crippen molar-refractivity contribution in [2.45, 2.75) is 65.6 Å². The highest BCUT2D eigenvalue weighted by Crippen LogP contribution is 2.42. The van der Waals surface area contributed by atoms with Crippen LogP contribution in [-0.4, -0.2) is 12.1 Å². The van der Waals surface area contributed by atoms with Crippen LogP contribution in [0.5, 0.6) is 0 Å². The van der Waals surface area contributed by atoms with E-state index in [-0.39, 0.29) is 5.60 Å². The zero-order valence-electron chi connectivity index (χ0n) is 13.5. The highest BCUT2D eigenvalue weighted by Gasteiger charge is 2.38. The first kappa shape index (κ1) is 15.5. The van der Waals surface area contributed by atoms with Gasteiger partial charge in [-0.3, -0.25) is 0 Å². The number of nitrogens with two attached hydrogens (primary N) is 1. The number of rotatable bonds is 4. The Morgan fingerprint density at radius 2 is 1.75 bits per heavy atom. The summed E-state index contributed by atoms with van der Waals surface area (Å²) in [6.45, 7) is 10.3. The molecule has 0 radical (unpaired) electrons. The van der Waals surface area contributed by atoms with Crippen molar-refractivity contribution >= 4 is 0 Å². The Balaban J connectivity index is 2.02. The largest absolute Gasteiger partial charge is 0.369 e. The van der Waals surface area contributed by atoms with E-state index in [1.165, 1.54) is 29.5 Å². The first-order valence-electron chi connectivity index (χ1n) is 7.76. The van der Waals surface area contributed by atoms with Crippen LogP contribution in [0, 0.1) is 19.3 Å². The summed E-state index contributed by atoms with van der Waals surface area (Å²) in [6.07, 6.45) is 4.58. The highest BCUT2D eigenvalue weighted by atomic mass is 16.5. The third kappa shape index (κ3) is 3.62. The van der Waals surface area contributed by atoms with Crippen LogP contribution in [0.3, 0.4) is 0 Å². The normalized spacial score (nSPS) is 20.9. The molecule has 0 saturated heterocycles. The second-order valence-corrected chi connectivity index (χ2v) is 7.27. The summed E-state index contributed by atoms with van der Waals surface area (Å²) in [5.41, 5.74) is 10.3. The minimum absolute atomic E-state index is 0.105. The van der Waals surface area contributed by atoms with Gasteiger partial charge in [0.05, 0.1) is 12.2 Å². The molecule has 1 aliphatic carbocycles. The summed E-state index contributed by atoms with van der Waals surface area (Å²) in [5.74, 6) is 0. The van der Waals surface area contributed by atoms with E-state index < -0.39 is 0 Å². The average Bonchev–Trinajstić information content (AvgIpc) is 2.42. The van der Waals surface area contributed by atoms with E-state index in [0.29, 0.717) is 18.6 Å². The van der Waals surface area contributed by atoms with Gasteiger partial charge in [0.1, 0.15) is 0 Å². The van der Waals surface area contributed by atoms with Gasteiger partial charge in [0.25, 0.3) is 0 Å². The summed E-state index contributed by atoms with van der Waals surface area (Å²) in [5, 5.41) is 0. The smallest absolute Gasteiger partial charge is 0.0809 e. The predicted molar refractivity (Wildman–Crippen MR) is 84.7 cm³/mol. The van der Waals surface area contributed by atoms with Crippen molar-refractivity contribution in [2.75, 3.05) is 6.54 Å². The molecule has 2 N–H and O–H groups in total. The molecule has 0 amide bonds. The van der Waals surface area contributed by atoms with Crippen LogP contribution in [0.15, 0.2) is 18.2 Å². The molecule has 112 valence electrons. The van der Waals surface area contributed by atoms with Crippen LogP contribution in [-0.2, 0) is 11.3 Å². The van der Waals surface area contributed by atoms with E-state index in [2.05, 4.69) is 45.9 Å². The van der Waals surface area contributed by atoms with Gasteiger partial charge in [-0.25, -0.2) is 0 Å². The molecule has 1 saturated carbocycles. The molecular formula is C18H29NO. The number of hydrogen-bond acceptors (Lipinski definition) is 2. The average molecular weight is 275 g/mol. The highest BCUT2D eigenvalue weighted by molar-refractivity contribution is 5.29. The van der Waals surface area contributed by atoms with Crippen molar-refractivity contribution in [3.63, 3.8) is 0 Å². The fourth-order valence-corrected chi connectivity index (χ4v) is 2.98. The molecule has 0 heterocycles. The molecule has 1 aliphatic rings. The van der Waals surface area contributed by atoms with Crippen molar-refractivity contribution < 1.29 is 4.74 Å². The van der Waals surface area contributed by atoms with Gasteiger partial charge < -0.3 is 10.5 Å². The Kier molecular flexibility index (Phi) is 4.55. The molecule has 0 unspecified atom stereocenters. The number of hydrogen-bond donors (Lipinski definition) is 1. The molecule has 2 nitrogen and oxygen atoms in total. The predicted octanol–water partition coefficient (Wildman–Crippen LogP) is 4.12. The second kappa shape index (κ2) is 5.87. The molecule has 1 fully saturated rings. The zero-order valence-corrected chi connectivity index (χ0v) is 13.5. The molecular weight excluding hydrogens is 246 g/mol. The Hall–Kier alpha value is -0.860. The Morgan fingerprint density at radius 3 is 2.35 bits per heavy atom. The third-order valence-electron chi connectivity index (χ3n) is 4.93. The van der Waals surface area contributed by atoms with Gasteiger partial charge in [0.15, 0.2) is 0 Å². The van der Waals surface area contributed by atoms with Crippen LogP contribution in [0.25, 0.3) is 0 Å². The van der Waals surface area contributed by atoms with E-state index in [1.54, 1.807) is 0 Å². The minimum Gasteiger partial charge on any atom is -0.369 e. The van der Waals surface area contributed by atoms with E-state index >= 15 is 0 Å². The summed E-state index contributed by atoms with van der Waals surface area (Å²) < 4.78 is 6.31. The lowest BCUT2D eigenvalue weighted by molar-refractivity contribution is -0.0905. The molecule has 0 aliphatic heterocycles. The summed E-state index contributed by atoms with van der Waals surface area (Å²) >= 11 is 0. The molecule has 2 heteroatoms. The van der Waals surface area contributed by atoms with Gasteiger partial charge >= 0.3 is 0 Å². The van der Waals surface area contributed by atoms with Crippen LogP contribution in [0.4, 0.5) is 0 Å². The van der Waals surface area contributed by atoms with Crippen molar-refractivity contribution in [1.82, 2.24) is 0 Å². The maximum atomic E-state index is 6.31. The molecule has 20 heavy (non-hydrogen) atoms. The van der Waals surface area contributed by atoms with Crippen molar-refractivity contribution in [3.05, 3.63) is 34.9 Å². The zero-order chi connectivity index (χ0) is 14.8. The molecule has 0 spiro atoms. The number of ether oxygens (including phenoxy) is 1. The maximum absolute atomic E-state index is 6.31. The van der Waals surface area contributed by atoms with Crippen molar-refractivity contribution in [2.24, 2.45) is 11.1 Å². The lowest BCUT2D eigenvalue weighted by atomic mass is 9.71. The summed E-state index contributed by atoms with van der Waals surface area (Å²) in [4.78, 5) is 0. The molecule has 0 bridgehead atoms. The minimum atomic E-state index is -0.105. The van der Waals surface area contributed by atoms with E-state index in [0.717, 1.165) is 12.8 Å². The second-order valence-electron chi connectivity index (χ2n) is 7.27. The molecule has 1 aromatic carbocycles. The van der Waals surface area contributed by atoms with Gasteiger partial charge in [-0.1, -0.05) is 37.6 Å². The quantitative estimate of drug-likeness (QED) is 0.897. The van der Waals surface area contributed by atoms with Gasteiger partial charge in [0, 0.05) is 6.54 Å². The SMILES string of the molecule is Cc1ccc(C)c(COC2(CN)CCC(C)(C)CC2)c1. The lowest BCUT2D eigenvalue weighted by Crippen LogP contribution is -2.45. The van der Waals surface area contributed by atoms with E-state index in [9.17, 15) is 0 Å². The number of aryl methyl sites for hydroxylation is 2. The standard InChI is InChI=1S/C18H29NO/c1-14-5-6-15(2)16(11-14)12-20-18(13-19)9-7-17(3,4)8-10-18/h5-6,11H,7-10,12-13,19H2,1-4H3. The van der Waals surface area contributed by atoms with Gasteiger partial charge in [-0.2, -0.15) is 0 Å². The molecule has 2 rings (SSSR count). The topological polar surface area (TPSA) is 35.2 Å². The molecule has 0 aromatic heterocycles. The Bertz CT molecular complexity index is 454. The first-order chi connectivity index (χ1) is 9.36. The van der Waals surface area contributed by atoms with Crippen molar-refractivity contribution in [3.8, 4) is 0 Å². The lowest BCUT2D eigenvalue weighted by Gasteiger charge is -2.43. The van der Waals surface area contributed by atoms with Crippen molar-refractivity contribution in [1.29, 1.82) is 0 Å². The van der Waals surface area contributed by atoms with Gasteiger partial charge in [-0.15, -0.1) is 0 Å². The van der Waals surface area contributed by atoms with Crippen LogP contribution in [0.1, 0.15) is 56.2 Å². The third-order valence-corrected chi connectivity index (χ3v) is 4.93. The fraction of sp³-hybridized carbons (Fsp3) is 0.667. The number of benzene rings is 1. The summed E-state index contributed by atoms with van der Waals surface area (Å²) in [6, 6.07) is 6.56. The monoisotopic (exact) mass is 275 g/mol. The maximum Gasteiger partial charge on any atom is 0.0809 e. The van der Waals surface area contributed by atoms with Crippen LogP contribution >= 0.6 is 0 Å². The molecule has 1 aromatic rings. The van der Waals surface area contributed by atoms with Gasteiger partial charge in [0.2, 0.25) is 0 Å². The molecule has 0 atom stereocenters. The summed E-state index contributed by atoms with van der Waals surface area (Å²) in [7, 11) is 0. The van der Waals surface area contributed by atoms with E-state index in [1.807, 2.05) is 0 Å². The van der Waals surface area contributed by atoms with Crippen LogP contribution < -0.4 is 5.73 Å². The fourth-order valence-electron chi connectivity index (χ4n) is 2.98. The first-order valence-corrected chi connectivity index (χ1v) is 7.76. The Morgan fingerprint density at radius 1 is 1.10 bits per heavy atom. The van der Waals surface area contributed by atoms with E-state index in [4.69, 9.17) is 10.5 Å².